The molecule has 1 saturated heterocycles. The summed E-state index contributed by atoms with van der Waals surface area (Å²) in [5, 5.41) is 1.94. The average Bonchev–Trinajstić information content (AvgIpc) is 2.79. The second-order valence-corrected chi connectivity index (χ2v) is 10.0. The zero-order valence-electron chi connectivity index (χ0n) is 15.9. The maximum absolute atomic E-state index is 13.0. The van der Waals surface area contributed by atoms with E-state index in [1.807, 2.05) is 18.7 Å². The Labute approximate surface area is 158 Å². The summed E-state index contributed by atoms with van der Waals surface area (Å²) in [6.45, 7) is 14.4. The lowest BCUT2D eigenvalue weighted by Gasteiger charge is -2.36. The first kappa shape index (κ1) is 18.6. The smallest absolute Gasteiger partial charge is 0.235 e. The topological polar surface area (TPSA) is 46.1 Å². The van der Waals surface area contributed by atoms with Crippen LogP contribution in [-0.4, -0.2) is 39.1 Å². The monoisotopic (exact) mass is 377 g/mol. The SMILES string of the molecule is Cc1nc(S[C@@H](C)C(=O)N2C[C@H](C)C[C@@H](C)C2)c2c(C)c(C)sc2n1. The van der Waals surface area contributed by atoms with Crippen molar-refractivity contribution in [1.29, 1.82) is 0 Å². The van der Waals surface area contributed by atoms with Crippen molar-refractivity contribution in [2.75, 3.05) is 13.1 Å². The zero-order valence-corrected chi connectivity index (χ0v) is 17.6. The molecule has 2 aromatic heterocycles. The molecule has 136 valence electrons. The molecule has 3 heterocycles. The minimum Gasteiger partial charge on any atom is -0.341 e. The molecule has 0 aromatic carbocycles. The van der Waals surface area contributed by atoms with Gasteiger partial charge in [0.1, 0.15) is 15.7 Å². The molecule has 0 spiro atoms. The van der Waals surface area contributed by atoms with Gasteiger partial charge in [-0.15, -0.1) is 11.3 Å². The Morgan fingerprint density at radius 3 is 2.48 bits per heavy atom. The van der Waals surface area contributed by atoms with Crippen molar-refractivity contribution in [2.45, 2.75) is 58.2 Å². The highest BCUT2D eigenvalue weighted by Gasteiger charge is 2.29. The Kier molecular flexibility index (Phi) is 5.40. The molecule has 1 aliphatic rings. The van der Waals surface area contributed by atoms with Crippen molar-refractivity contribution in [3.8, 4) is 0 Å². The van der Waals surface area contributed by atoms with Crippen molar-refractivity contribution in [1.82, 2.24) is 14.9 Å². The van der Waals surface area contributed by atoms with E-state index in [1.54, 1.807) is 23.1 Å². The van der Waals surface area contributed by atoms with Gasteiger partial charge in [-0.05, 0) is 51.5 Å². The fourth-order valence-corrected chi connectivity index (χ4v) is 5.99. The van der Waals surface area contributed by atoms with Crippen molar-refractivity contribution < 1.29 is 4.79 Å². The zero-order chi connectivity index (χ0) is 18.3. The van der Waals surface area contributed by atoms with Gasteiger partial charge in [0, 0.05) is 23.4 Å². The summed E-state index contributed by atoms with van der Waals surface area (Å²) >= 11 is 3.29. The van der Waals surface area contributed by atoms with Crippen molar-refractivity contribution >= 4 is 39.2 Å². The predicted octanol–water partition coefficient (Wildman–Crippen LogP) is 4.60. The molecule has 0 N–H and O–H groups in total. The number of piperidine rings is 1. The summed E-state index contributed by atoms with van der Waals surface area (Å²) in [6, 6.07) is 0. The number of thioether (sulfide) groups is 1. The fourth-order valence-electron chi connectivity index (χ4n) is 3.72. The van der Waals surface area contributed by atoms with Crippen LogP contribution in [0.1, 0.15) is 43.5 Å². The molecule has 2 aromatic rings. The van der Waals surface area contributed by atoms with Gasteiger partial charge in [0.25, 0.3) is 0 Å². The highest BCUT2D eigenvalue weighted by atomic mass is 32.2. The molecule has 1 fully saturated rings. The van der Waals surface area contributed by atoms with Gasteiger partial charge in [0.15, 0.2) is 0 Å². The number of fused-ring (bicyclic) bond motifs is 1. The molecule has 0 aliphatic carbocycles. The summed E-state index contributed by atoms with van der Waals surface area (Å²) in [5.41, 5.74) is 1.24. The molecule has 0 bridgehead atoms. The van der Waals surface area contributed by atoms with Gasteiger partial charge < -0.3 is 4.90 Å². The molecule has 3 atom stereocenters. The molecule has 0 saturated carbocycles. The molecule has 4 nitrogen and oxygen atoms in total. The summed E-state index contributed by atoms with van der Waals surface area (Å²) < 4.78 is 0. The van der Waals surface area contributed by atoms with E-state index < -0.39 is 0 Å². The Morgan fingerprint density at radius 1 is 1.20 bits per heavy atom. The van der Waals surface area contributed by atoms with E-state index in [9.17, 15) is 4.79 Å². The Hall–Kier alpha value is -1.14. The molecule has 1 aliphatic heterocycles. The number of nitrogens with zero attached hydrogens (tertiary/aromatic N) is 3. The van der Waals surface area contributed by atoms with Crippen LogP contribution in [0, 0.1) is 32.6 Å². The number of rotatable bonds is 3. The lowest BCUT2D eigenvalue weighted by Crippen LogP contribution is -2.45. The lowest BCUT2D eigenvalue weighted by atomic mass is 9.92. The normalized spacial score (nSPS) is 22.4. The van der Waals surface area contributed by atoms with Crippen LogP contribution in [0.2, 0.25) is 0 Å². The first-order valence-corrected chi connectivity index (χ1v) is 10.7. The lowest BCUT2D eigenvalue weighted by molar-refractivity contribution is -0.132. The maximum Gasteiger partial charge on any atom is 0.235 e. The summed E-state index contributed by atoms with van der Waals surface area (Å²) in [6.07, 6.45) is 1.21. The van der Waals surface area contributed by atoms with E-state index in [1.165, 1.54) is 16.9 Å². The van der Waals surface area contributed by atoms with Crippen LogP contribution in [0.25, 0.3) is 10.2 Å². The molecular weight excluding hydrogens is 350 g/mol. The van der Waals surface area contributed by atoms with Crippen LogP contribution in [0.4, 0.5) is 0 Å². The van der Waals surface area contributed by atoms with Gasteiger partial charge in [0.2, 0.25) is 5.91 Å². The largest absolute Gasteiger partial charge is 0.341 e. The minimum atomic E-state index is -0.130. The van der Waals surface area contributed by atoms with Crippen LogP contribution in [0.3, 0.4) is 0 Å². The second-order valence-electron chi connectivity index (χ2n) is 7.49. The summed E-state index contributed by atoms with van der Waals surface area (Å²) in [4.78, 5) is 26.6. The minimum absolute atomic E-state index is 0.130. The van der Waals surface area contributed by atoms with Gasteiger partial charge in [-0.2, -0.15) is 0 Å². The predicted molar refractivity (Wildman–Crippen MR) is 106 cm³/mol. The van der Waals surface area contributed by atoms with E-state index >= 15 is 0 Å². The third kappa shape index (κ3) is 3.85. The quantitative estimate of drug-likeness (QED) is 0.579. The third-order valence-corrected chi connectivity index (χ3v) is 7.10. The Balaban J connectivity index is 1.84. The average molecular weight is 378 g/mol. The van der Waals surface area contributed by atoms with Gasteiger partial charge in [-0.3, -0.25) is 4.79 Å². The van der Waals surface area contributed by atoms with Crippen LogP contribution < -0.4 is 0 Å². The molecule has 3 rings (SSSR count). The first-order valence-electron chi connectivity index (χ1n) is 8.96. The highest BCUT2D eigenvalue weighted by Crippen LogP contribution is 2.37. The van der Waals surface area contributed by atoms with Gasteiger partial charge in [0.05, 0.1) is 5.25 Å². The number of hydrogen-bond acceptors (Lipinski definition) is 5. The molecule has 0 unspecified atom stereocenters. The van der Waals surface area contributed by atoms with Gasteiger partial charge in [-0.1, -0.05) is 25.6 Å². The standard InChI is InChI=1S/C19H27N3OS2/c1-10-7-11(2)9-22(8-10)19(23)14(5)25-18-16-12(3)13(4)24-17(16)20-15(6)21-18/h10-11,14H,7-9H2,1-6H3/t10-,11-,14+/m1/s1. The number of hydrogen-bond donors (Lipinski definition) is 0. The highest BCUT2D eigenvalue weighted by molar-refractivity contribution is 8.00. The number of likely N-dealkylation sites (tertiary alicyclic amines) is 1. The maximum atomic E-state index is 13.0. The third-order valence-electron chi connectivity index (χ3n) is 4.92. The van der Waals surface area contributed by atoms with Gasteiger partial charge >= 0.3 is 0 Å². The van der Waals surface area contributed by atoms with E-state index in [0.29, 0.717) is 11.8 Å². The second kappa shape index (κ2) is 7.23. The number of carbonyl (C=O) groups excluding carboxylic acids is 1. The number of aryl methyl sites for hydroxylation is 3. The molecule has 25 heavy (non-hydrogen) atoms. The van der Waals surface area contributed by atoms with Crippen molar-refractivity contribution in [3.05, 3.63) is 16.3 Å². The van der Waals surface area contributed by atoms with Crippen molar-refractivity contribution in [2.24, 2.45) is 11.8 Å². The van der Waals surface area contributed by atoms with Crippen molar-refractivity contribution in [3.63, 3.8) is 0 Å². The van der Waals surface area contributed by atoms with Crippen LogP contribution in [-0.2, 0) is 4.79 Å². The Morgan fingerprint density at radius 2 is 1.84 bits per heavy atom. The molecule has 1 amide bonds. The number of amides is 1. The number of carbonyl (C=O) groups is 1. The number of aromatic nitrogens is 2. The fraction of sp³-hybridized carbons (Fsp3) is 0.632. The van der Waals surface area contributed by atoms with Crippen LogP contribution in [0.5, 0.6) is 0 Å². The summed E-state index contributed by atoms with van der Waals surface area (Å²) in [5.74, 6) is 2.17. The summed E-state index contributed by atoms with van der Waals surface area (Å²) in [7, 11) is 0. The van der Waals surface area contributed by atoms with E-state index in [2.05, 4.69) is 37.7 Å². The van der Waals surface area contributed by atoms with E-state index in [-0.39, 0.29) is 11.2 Å². The molecule has 0 radical (unpaired) electrons. The van der Waals surface area contributed by atoms with E-state index in [4.69, 9.17) is 0 Å². The molecule has 6 heteroatoms. The van der Waals surface area contributed by atoms with E-state index in [0.717, 1.165) is 34.2 Å². The van der Waals surface area contributed by atoms with Crippen LogP contribution in [0.15, 0.2) is 5.03 Å². The van der Waals surface area contributed by atoms with Gasteiger partial charge in [-0.25, -0.2) is 9.97 Å². The Bertz CT molecular complexity index is 792. The number of thiophene rings is 1. The van der Waals surface area contributed by atoms with Crippen LogP contribution >= 0.6 is 23.1 Å². The molecular formula is C19H27N3OS2. The first-order chi connectivity index (χ1) is 11.8.